The van der Waals surface area contributed by atoms with Crippen molar-refractivity contribution in [2.45, 2.75) is 18.4 Å². The lowest BCUT2D eigenvalue weighted by Gasteiger charge is -2.10. The van der Waals surface area contributed by atoms with E-state index in [-0.39, 0.29) is 34.9 Å². The molecule has 8 heteroatoms. The van der Waals surface area contributed by atoms with Crippen molar-refractivity contribution in [2.24, 2.45) is 0 Å². The van der Waals surface area contributed by atoms with E-state index < -0.39 is 5.91 Å². The molecule has 4 aromatic rings. The summed E-state index contributed by atoms with van der Waals surface area (Å²) in [6, 6.07) is 18.6. The number of aromatic nitrogens is 2. The number of rotatable bonds is 5. The summed E-state index contributed by atoms with van der Waals surface area (Å²) in [4.78, 5) is 32.8. The van der Waals surface area contributed by atoms with Gasteiger partial charge < -0.3 is 15.6 Å². The number of H-pyrrole nitrogens is 1. The van der Waals surface area contributed by atoms with E-state index in [9.17, 15) is 9.59 Å². The van der Waals surface area contributed by atoms with E-state index >= 15 is 0 Å². The van der Waals surface area contributed by atoms with Gasteiger partial charge in [0, 0.05) is 29.1 Å². The maximum atomic E-state index is 12.8. The molecule has 1 fully saturated rings. The Balaban J connectivity index is 0.00000245. The second-order valence-corrected chi connectivity index (χ2v) is 8.03. The van der Waals surface area contributed by atoms with E-state index in [0.717, 1.165) is 17.5 Å². The number of nitrogens with zero attached hydrogens (tertiary/aromatic N) is 1. The van der Waals surface area contributed by atoms with Crippen LogP contribution < -0.4 is 10.6 Å². The minimum Gasteiger partial charge on any atom is -0.349 e. The van der Waals surface area contributed by atoms with E-state index in [1.807, 2.05) is 30.3 Å². The molecule has 32 heavy (non-hydrogen) atoms. The van der Waals surface area contributed by atoms with Crippen LogP contribution in [0.2, 0.25) is 5.02 Å². The minimum absolute atomic E-state index is 0. The lowest BCUT2D eigenvalue weighted by molar-refractivity contribution is 0.0950. The van der Waals surface area contributed by atoms with Gasteiger partial charge in [0.25, 0.3) is 11.8 Å². The highest BCUT2D eigenvalue weighted by Crippen LogP contribution is 2.40. The summed E-state index contributed by atoms with van der Waals surface area (Å²) in [6.45, 7) is 0. The van der Waals surface area contributed by atoms with Crippen molar-refractivity contribution in [1.29, 1.82) is 0 Å². The second kappa shape index (κ2) is 9.02. The quantitative estimate of drug-likeness (QED) is 0.378. The number of fused-ring (bicyclic) bond motifs is 1. The number of carbonyl (C=O) groups is 2. The predicted molar refractivity (Wildman–Crippen MR) is 128 cm³/mol. The fourth-order valence-electron chi connectivity index (χ4n) is 3.72. The number of benzene rings is 2. The predicted octanol–water partition coefficient (Wildman–Crippen LogP) is 5.18. The van der Waals surface area contributed by atoms with Crippen LogP contribution in [0.4, 0.5) is 5.69 Å². The Hall–Kier alpha value is -3.35. The third kappa shape index (κ3) is 4.47. The van der Waals surface area contributed by atoms with Crippen molar-refractivity contribution >= 4 is 52.5 Å². The summed E-state index contributed by atoms with van der Waals surface area (Å²) >= 11 is 6.25. The van der Waals surface area contributed by atoms with Crippen LogP contribution >= 0.6 is 24.0 Å². The number of aromatic amines is 1. The van der Waals surface area contributed by atoms with Crippen LogP contribution in [0.15, 0.2) is 73.1 Å². The first-order valence-electron chi connectivity index (χ1n) is 9.98. The first-order valence-corrected chi connectivity index (χ1v) is 10.4. The van der Waals surface area contributed by atoms with E-state index in [2.05, 4.69) is 32.7 Å². The van der Waals surface area contributed by atoms with Crippen LogP contribution in [-0.4, -0.2) is 27.8 Å². The van der Waals surface area contributed by atoms with Gasteiger partial charge in [0.2, 0.25) is 0 Å². The Labute approximate surface area is 195 Å². The number of halogens is 2. The standard InChI is InChI=1S/C24H19ClN4O2.ClH/c25-20-7-6-16(23(30)29-21-12-18(21)14-4-2-1-3-5-14)11-19(20)24(31)28-17-10-15-8-9-26-22(15)27-13-17;/h1-11,13,18,21H,12H2,(H,26,27)(H,28,31)(H,29,30);1H/t18-,21-;/m1./s1. The van der Waals surface area contributed by atoms with Crippen LogP contribution in [-0.2, 0) is 0 Å². The van der Waals surface area contributed by atoms with E-state index in [1.165, 1.54) is 11.6 Å². The van der Waals surface area contributed by atoms with Crippen molar-refractivity contribution in [3.63, 3.8) is 0 Å². The molecule has 1 aliphatic rings. The number of hydrogen-bond acceptors (Lipinski definition) is 3. The highest BCUT2D eigenvalue weighted by atomic mass is 35.5. The average molecular weight is 467 g/mol. The van der Waals surface area contributed by atoms with E-state index in [1.54, 1.807) is 24.5 Å². The van der Waals surface area contributed by atoms with Crippen molar-refractivity contribution in [3.05, 3.63) is 94.8 Å². The average Bonchev–Trinajstić information content (AvgIpc) is 3.39. The molecule has 5 rings (SSSR count). The lowest BCUT2D eigenvalue weighted by Crippen LogP contribution is -2.27. The van der Waals surface area contributed by atoms with Gasteiger partial charge in [-0.2, -0.15) is 0 Å². The number of nitrogens with one attached hydrogen (secondary N) is 3. The summed E-state index contributed by atoms with van der Waals surface area (Å²) in [6.07, 6.45) is 4.26. The summed E-state index contributed by atoms with van der Waals surface area (Å²) in [5.41, 5.74) is 3.14. The molecule has 0 aliphatic heterocycles. The van der Waals surface area contributed by atoms with E-state index in [0.29, 0.717) is 17.2 Å². The molecule has 2 amide bonds. The molecule has 0 radical (unpaired) electrons. The third-order valence-corrected chi connectivity index (χ3v) is 5.80. The Morgan fingerprint density at radius 2 is 1.84 bits per heavy atom. The zero-order valence-electron chi connectivity index (χ0n) is 16.8. The van der Waals surface area contributed by atoms with Crippen molar-refractivity contribution in [1.82, 2.24) is 15.3 Å². The Morgan fingerprint density at radius 3 is 2.66 bits per heavy atom. The molecule has 1 saturated carbocycles. The highest BCUT2D eigenvalue weighted by molar-refractivity contribution is 6.34. The molecule has 2 heterocycles. The van der Waals surface area contributed by atoms with Crippen LogP contribution in [0.25, 0.3) is 11.0 Å². The smallest absolute Gasteiger partial charge is 0.257 e. The first-order chi connectivity index (χ1) is 15.1. The molecule has 0 bridgehead atoms. The van der Waals surface area contributed by atoms with Gasteiger partial charge in [0.05, 0.1) is 22.5 Å². The summed E-state index contributed by atoms with van der Waals surface area (Å²) in [7, 11) is 0. The van der Waals surface area contributed by atoms with Gasteiger partial charge in [-0.3, -0.25) is 9.59 Å². The molecule has 0 unspecified atom stereocenters. The van der Waals surface area contributed by atoms with Gasteiger partial charge in [-0.15, -0.1) is 12.4 Å². The Morgan fingerprint density at radius 1 is 1.03 bits per heavy atom. The molecular formula is C24H20Cl2N4O2. The van der Waals surface area contributed by atoms with Crippen LogP contribution in [0.1, 0.15) is 38.6 Å². The molecule has 0 spiro atoms. The second-order valence-electron chi connectivity index (χ2n) is 7.62. The van der Waals surface area contributed by atoms with Crippen LogP contribution in [0.5, 0.6) is 0 Å². The Kier molecular flexibility index (Phi) is 6.17. The summed E-state index contributed by atoms with van der Waals surface area (Å²) < 4.78 is 0. The van der Waals surface area contributed by atoms with Gasteiger partial charge in [-0.1, -0.05) is 41.9 Å². The van der Waals surface area contributed by atoms with Crippen molar-refractivity contribution < 1.29 is 9.59 Å². The molecule has 6 nitrogen and oxygen atoms in total. The maximum absolute atomic E-state index is 12.8. The Bertz CT molecular complexity index is 1290. The van der Waals surface area contributed by atoms with E-state index in [4.69, 9.17) is 11.6 Å². The molecule has 2 aromatic heterocycles. The van der Waals surface area contributed by atoms with Crippen LogP contribution in [0, 0.1) is 0 Å². The molecule has 1 aliphatic carbocycles. The van der Waals surface area contributed by atoms with Gasteiger partial charge in [0.1, 0.15) is 5.65 Å². The normalized spacial score (nSPS) is 16.8. The number of anilines is 1. The maximum Gasteiger partial charge on any atom is 0.257 e. The molecule has 0 saturated heterocycles. The summed E-state index contributed by atoms with van der Waals surface area (Å²) in [5.74, 6) is -0.287. The number of pyridine rings is 1. The fraction of sp³-hybridized carbons (Fsp3) is 0.125. The molecule has 2 aromatic carbocycles. The number of carbonyl (C=O) groups excluding carboxylic acids is 2. The first kappa shape index (κ1) is 21.9. The van der Waals surface area contributed by atoms with Crippen molar-refractivity contribution in [3.8, 4) is 0 Å². The highest BCUT2D eigenvalue weighted by Gasteiger charge is 2.39. The van der Waals surface area contributed by atoms with Gasteiger partial charge in [-0.05, 0) is 42.3 Å². The number of hydrogen-bond donors (Lipinski definition) is 3. The zero-order valence-corrected chi connectivity index (χ0v) is 18.4. The number of amides is 2. The SMILES string of the molecule is Cl.O=C(N[C@@H]1C[C@@H]1c1ccccc1)c1ccc(Cl)c(C(=O)Nc2cnc3[nH]ccc3c2)c1. The molecular weight excluding hydrogens is 447 g/mol. The fourth-order valence-corrected chi connectivity index (χ4v) is 3.93. The summed E-state index contributed by atoms with van der Waals surface area (Å²) in [5, 5.41) is 7.00. The molecule has 3 N–H and O–H groups in total. The monoisotopic (exact) mass is 466 g/mol. The zero-order chi connectivity index (χ0) is 21.4. The molecule has 2 atom stereocenters. The largest absolute Gasteiger partial charge is 0.349 e. The van der Waals surface area contributed by atoms with Crippen LogP contribution in [0.3, 0.4) is 0 Å². The van der Waals surface area contributed by atoms with Gasteiger partial charge in [0.15, 0.2) is 0 Å². The lowest BCUT2D eigenvalue weighted by atomic mass is 10.1. The molecule has 162 valence electrons. The topological polar surface area (TPSA) is 86.9 Å². The van der Waals surface area contributed by atoms with Crippen molar-refractivity contribution in [2.75, 3.05) is 5.32 Å². The minimum atomic E-state index is -0.398. The van der Waals surface area contributed by atoms with Gasteiger partial charge in [-0.25, -0.2) is 4.98 Å². The van der Waals surface area contributed by atoms with Gasteiger partial charge >= 0.3 is 0 Å². The third-order valence-electron chi connectivity index (χ3n) is 5.47.